The van der Waals surface area contributed by atoms with Gasteiger partial charge in [0.1, 0.15) is 5.82 Å². The number of carbonyl (C=O) groups is 1. The van der Waals surface area contributed by atoms with Crippen LogP contribution in [0.5, 0.6) is 11.5 Å². The highest BCUT2D eigenvalue weighted by molar-refractivity contribution is 5.89. The number of hydrogen-bond acceptors (Lipinski definition) is 4. The minimum atomic E-state index is -1.09. The maximum atomic E-state index is 13.3. The SMILES string of the molecule is CCOc1cc(/C=C(/C#N)c2cccc(F)c2)ccc1OCC(=O)O. The second-order valence-electron chi connectivity index (χ2n) is 5.00. The molecule has 0 fully saturated rings. The molecule has 0 aliphatic carbocycles. The van der Waals surface area contributed by atoms with Gasteiger partial charge in [0.15, 0.2) is 18.1 Å². The second kappa shape index (κ2) is 8.50. The molecule has 128 valence electrons. The number of halogens is 1. The highest BCUT2D eigenvalue weighted by Crippen LogP contribution is 2.30. The zero-order valence-corrected chi connectivity index (χ0v) is 13.5. The summed E-state index contributed by atoms with van der Waals surface area (Å²) in [7, 11) is 0. The molecule has 2 aromatic carbocycles. The summed E-state index contributed by atoms with van der Waals surface area (Å²) in [5.74, 6) is -0.852. The summed E-state index contributed by atoms with van der Waals surface area (Å²) in [4.78, 5) is 10.6. The number of carboxylic acid groups (broad SMARTS) is 1. The fourth-order valence-electron chi connectivity index (χ4n) is 2.14. The zero-order valence-electron chi connectivity index (χ0n) is 13.5. The Bertz CT molecular complexity index is 840. The minimum absolute atomic E-state index is 0.293. The van der Waals surface area contributed by atoms with E-state index >= 15 is 0 Å². The number of ether oxygens (including phenoxy) is 2. The first kappa shape index (κ1) is 18.0. The fourth-order valence-corrected chi connectivity index (χ4v) is 2.14. The van der Waals surface area contributed by atoms with Crippen LogP contribution in [-0.4, -0.2) is 24.3 Å². The second-order valence-corrected chi connectivity index (χ2v) is 5.00. The van der Waals surface area contributed by atoms with Crippen LogP contribution in [0.4, 0.5) is 4.39 Å². The van der Waals surface area contributed by atoms with Gasteiger partial charge in [0.2, 0.25) is 0 Å². The van der Waals surface area contributed by atoms with Crippen molar-refractivity contribution in [2.24, 2.45) is 0 Å². The van der Waals surface area contributed by atoms with Crippen LogP contribution in [0.15, 0.2) is 42.5 Å². The third-order valence-corrected chi connectivity index (χ3v) is 3.19. The number of aliphatic carboxylic acids is 1. The topological polar surface area (TPSA) is 79.5 Å². The molecule has 1 N–H and O–H groups in total. The van der Waals surface area contributed by atoms with Gasteiger partial charge in [0.25, 0.3) is 0 Å². The van der Waals surface area contributed by atoms with Crippen molar-refractivity contribution in [1.82, 2.24) is 0 Å². The van der Waals surface area contributed by atoms with Gasteiger partial charge < -0.3 is 14.6 Å². The van der Waals surface area contributed by atoms with E-state index in [9.17, 15) is 14.4 Å². The van der Waals surface area contributed by atoms with Gasteiger partial charge in [0.05, 0.1) is 18.2 Å². The molecule has 5 nitrogen and oxygen atoms in total. The first-order valence-electron chi connectivity index (χ1n) is 7.52. The molecule has 0 saturated heterocycles. The lowest BCUT2D eigenvalue weighted by Gasteiger charge is -2.11. The quantitative estimate of drug-likeness (QED) is 0.613. The predicted octanol–water partition coefficient (Wildman–Crippen LogP) is 3.75. The molecule has 0 amide bonds. The summed E-state index contributed by atoms with van der Waals surface area (Å²) in [6.45, 7) is 1.67. The number of allylic oxidation sites excluding steroid dienone is 1. The number of nitrogens with zero attached hydrogens (tertiary/aromatic N) is 1. The van der Waals surface area contributed by atoms with Crippen molar-refractivity contribution in [2.45, 2.75) is 6.92 Å². The molecule has 0 aromatic heterocycles. The van der Waals surface area contributed by atoms with Crippen molar-refractivity contribution in [3.8, 4) is 17.6 Å². The molecule has 25 heavy (non-hydrogen) atoms. The molecule has 0 aliphatic heterocycles. The number of benzene rings is 2. The molecular weight excluding hydrogens is 325 g/mol. The van der Waals surface area contributed by atoms with Gasteiger partial charge >= 0.3 is 5.97 Å². The van der Waals surface area contributed by atoms with E-state index in [0.29, 0.717) is 34.8 Å². The lowest BCUT2D eigenvalue weighted by atomic mass is 10.0. The van der Waals surface area contributed by atoms with Crippen LogP contribution in [-0.2, 0) is 4.79 Å². The molecule has 0 unspecified atom stereocenters. The van der Waals surface area contributed by atoms with Crippen LogP contribution in [0, 0.1) is 17.1 Å². The Morgan fingerprint density at radius 2 is 2.04 bits per heavy atom. The monoisotopic (exact) mass is 341 g/mol. The highest BCUT2D eigenvalue weighted by Gasteiger charge is 2.09. The first-order valence-corrected chi connectivity index (χ1v) is 7.52. The Hall–Kier alpha value is -3.33. The van der Waals surface area contributed by atoms with Gasteiger partial charge in [-0.15, -0.1) is 0 Å². The zero-order chi connectivity index (χ0) is 18.2. The lowest BCUT2D eigenvalue weighted by molar-refractivity contribution is -0.139. The van der Waals surface area contributed by atoms with E-state index in [0.717, 1.165) is 0 Å². The molecule has 0 radical (unpaired) electrons. The predicted molar refractivity (Wildman–Crippen MR) is 90.6 cm³/mol. The van der Waals surface area contributed by atoms with Crippen LogP contribution in [0.3, 0.4) is 0 Å². The molecule has 0 heterocycles. The van der Waals surface area contributed by atoms with E-state index in [2.05, 4.69) is 0 Å². The Labute approximate surface area is 144 Å². The number of hydrogen-bond donors (Lipinski definition) is 1. The smallest absolute Gasteiger partial charge is 0.341 e. The third-order valence-electron chi connectivity index (χ3n) is 3.19. The average molecular weight is 341 g/mol. The van der Waals surface area contributed by atoms with Crippen LogP contribution in [0.25, 0.3) is 11.6 Å². The Balaban J connectivity index is 2.36. The largest absolute Gasteiger partial charge is 0.490 e. The fraction of sp³-hybridized carbons (Fsp3) is 0.158. The van der Waals surface area contributed by atoms with E-state index in [-0.39, 0.29) is 0 Å². The van der Waals surface area contributed by atoms with E-state index in [1.807, 2.05) is 6.07 Å². The van der Waals surface area contributed by atoms with Crippen molar-refractivity contribution in [3.63, 3.8) is 0 Å². The lowest BCUT2D eigenvalue weighted by Crippen LogP contribution is -2.10. The Kier molecular flexibility index (Phi) is 6.13. The molecule has 2 rings (SSSR count). The Morgan fingerprint density at radius 3 is 2.68 bits per heavy atom. The summed E-state index contributed by atoms with van der Waals surface area (Å²) in [6, 6.07) is 12.7. The normalized spacial score (nSPS) is 10.8. The van der Waals surface area contributed by atoms with Crippen LogP contribution >= 0.6 is 0 Å². The molecule has 0 aliphatic rings. The first-order chi connectivity index (χ1) is 12.0. The molecule has 0 atom stereocenters. The van der Waals surface area contributed by atoms with Crippen molar-refractivity contribution < 1.29 is 23.8 Å². The number of rotatable bonds is 7. The van der Waals surface area contributed by atoms with E-state index in [1.165, 1.54) is 18.2 Å². The van der Waals surface area contributed by atoms with Crippen LogP contribution < -0.4 is 9.47 Å². The molecular formula is C19H16FNO4. The van der Waals surface area contributed by atoms with Gasteiger partial charge in [-0.3, -0.25) is 0 Å². The minimum Gasteiger partial charge on any atom is -0.490 e. The van der Waals surface area contributed by atoms with E-state index < -0.39 is 18.4 Å². The van der Waals surface area contributed by atoms with Crippen molar-refractivity contribution >= 4 is 17.6 Å². The highest BCUT2D eigenvalue weighted by atomic mass is 19.1. The molecule has 0 saturated carbocycles. The number of carboxylic acids is 1. The van der Waals surface area contributed by atoms with Gasteiger partial charge in [-0.05, 0) is 48.4 Å². The van der Waals surface area contributed by atoms with Gasteiger partial charge in [-0.1, -0.05) is 18.2 Å². The van der Waals surface area contributed by atoms with Gasteiger partial charge in [-0.2, -0.15) is 5.26 Å². The average Bonchev–Trinajstić information content (AvgIpc) is 2.59. The summed E-state index contributed by atoms with van der Waals surface area (Å²) >= 11 is 0. The van der Waals surface area contributed by atoms with Crippen molar-refractivity contribution in [1.29, 1.82) is 5.26 Å². The third kappa shape index (κ3) is 5.08. The maximum Gasteiger partial charge on any atom is 0.341 e. The standard InChI is InChI=1S/C19H16FNO4/c1-2-24-18-9-13(6-7-17(18)25-12-19(22)23)8-15(11-21)14-4-3-5-16(20)10-14/h3-10H,2,12H2,1H3,(H,22,23)/b15-8-. The molecule has 6 heteroatoms. The Morgan fingerprint density at radius 1 is 1.24 bits per heavy atom. The number of nitriles is 1. The van der Waals surface area contributed by atoms with Gasteiger partial charge in [-0.25, -0.2) is 9.18 Å². The summed E-state index contributed by atoms with van der Waals surface area (Å²) in [5.41, 5.74) is 1.40. The summed E-state index contributed by atoms with van der Waals surface area (Å²) in [6.07, 6.45) is 1.60. The summed E-state index contributed by atoms with van der Waals surface area (Å²) in [5, 5.41) is 18.0. The van der Waals surface area contributed by atoms with Crippen molar-refractivity contribution in [2.75, 3.05) is 13.2 Å². The van der Waals surface area contributed by atoms with Crippen LogP contribution in [0.2, 0.25) is 0 Å². The molecule has 0 spiro atoms. The molecule has 0 bridgehead atoms. The van der Waals surface area contributed by atoms with E-state index in [1.54, 1.807) is 37.3 Å². The molecule has 2 aromatic rings. The van der Waals surface area contributed by atoms with Crippen molar-refractivity contribution in [3.05, 3.63) is 59.4 Å². The van der Waals surface area contributed by atoms with Gasteiger partial charge in [0, 0.05) is 0 Å². The maximum absolute atomic E-state index is 13.3. The van der Waals surface area contributed by atoms with Crippen LogP contribution in [0.1, 0.15) is 18.1 Å². The summed E-state index contributed by atoms with van der Waals surface area (Å²) < 4.78 is 24.0. The van der Waals surface area contributed by atoms with E-state index in [4.69, 9.17) is 14.6 Å².